The Kier molecular flexibility index (Phi) is 10.1. The third-order valence-corrected chi connectivity index (χ3v) is 9.99. The molecule has 1 aromatic carbocycles. The van der Waals surface area contributed by atoms with Crippen molar-refractivity contribution in [3.63, 3.8) is 0 Å². The Morgan fingerprint density at radius 1 is 1.02 bits per heavy atom. The summed E-state index contributed by atoms with van der Waals surface area (Å²) in [6.07, 6.45) is 10.3. The van der Waals surface area contributed by atoms with Crippen molar-refractivity contribution in [1.29, 1.82) is 0 Å². The van der Waals surface area contributed by atoms with Gasteiger partial charge in [0.2, 0.25) is 0 Å². The van der Waals surface area contributed by atoms with Crippen LogP contribution in [0, 0.1) is 17.8 Å². The van der Waals surface area contributed by atoms with Gasteiger partial charge in [0.15, 0.2) is 0 Å². The first-order chi connectivity index (χ1) is 21.1. The number of carbonyl (C=O) groups is 3. The lowest BCUT2D eigenvalue weighted by atomic mass is 9.82. The summed E-state index contributed by atoms with van der Waals surface area (Å²) in [7, 11) is 3.48. The van der Waals surface area contributed by atoms with E-state index in [0.29, 0.717) is 47.9 Å². The molecule has 2 aromatic rings. The summed E-state index contributed by atoms with van der Waals surface area (Å²) in [4.78, 5) is 46.2. The van der Waals surface area contributed by atoms with E-state index in [2.05, 4.69) is 46.7 Å². The Hall–Kier alpha value is -3.62. The van der Waals surface area contributed by atoms with Crippen LogP contribution in [0.5, 0.6) is 0 Å². The number of Topliss-reactive ketones (excluding diaryl/α,β-unsaturated/α-hetero) is 1. The van der Waals surface area contributed by atoms with Crippen LogP contribution in [0.3, 0.4) is 0 Å². The molecule has 1 aromatic heterocycles. The highest BCUT2D eigenvalue weighted by Gasteiger charge is 2.36. The fourth-order valence-electron chi connectivity index (χ4n) is 7.11. The van der Waals surface area contributed by atoms with Gasteiger partial charge in [0.25, 0.3) is 5.91 Å². The number of hydrogen-bond donors (Lipinski definition) is 3. The zero-order valence-electron chi connectivity index (χ0n) is 26.9. The lowest BCUT2D eigenvalue weighted by Crippen LogP contribution is -2.50. The minimum atomic E-state index is -0.503. The maximum atomic E-state index is 12.7. The lowest BCUT2D eigenvalue weighted by Gasteiger charge is -2.35. The van der Waals surface area contributed by atoms with Crippen molar-refractivity contribution in [2.24, 2.45) is 23.5 Å². The summed E-state index contributed by atoms with van der Waals surface area (Å²) in [6.45, 7) is 5.65. The first kappa shape index (κ1) is 31.8. The van der Waals surface area contributed by atoms with Gasteiger partial charge in [0.05, 0.1) is 5.56 Å². The molecule has 5 rings (SSSR count). The zero-order valence-corrected chi connectivity index (χ0v) is 26.9. The number of piperidine rings is 1. The average Bonchev–Trinajstić information content (AvgIpc) is 3.88. The van der Waals surface area contributed by atoms with E-state index < -0.39 is 5.91 Å². The molecular formula is C35H50N6O3. The summed E-state index contributed by atoms with van der Waals surface area (Å²) in [5.74, 6) is 2.77. The predicted octanol–water partition coefficient (Wildman–Crippen LogP) is 6.01. The summed E-state index contributed by atoms with van der Waals surface area (Å²) in [5, 5.41) is 6.51. The van der Waals surface area contributed by atoms with Gasteiger partial charge in [-0.2, -0.15) is 0 Å². The highest BCUT2D eigenvalue weighted by Crippen LogP contribution is 2.41. The van der Waals surface area contributed by atoms with Crippen molar-refractivity contribution < 1.29 is 14.4 Å². The number of primary amides is 1. The van der Waals surface area contributed by atoms with Gasteiger partial charge < -0.3 is 26.2 Å². The standard InChI is InChI=1S/C35H50N6O3/c1-5-23-20-30(41-19-7-10-29(21-41)38-35(44)40(3)4)39-34(31(23)33(36)43)37-28-17-15-26(16-18-28)25-9-6-8-24(11-12-25)22(2)32(42)27-13-14-27/h15-18,20,22,24-25,27,29H,5-14,19,21H2,1-4H3,(H2,36,43)(H,37,39)(H,38,44). The van der Waals surface area contributed by atoms with Crippen molar-refractivity contribution in [1.82, 2.24) is 15.2 Å². The van der Waals surface area contributed by atoms with E-state index in [4.69, 9.17) is 10.7 Å². The SMILES string of the molecule is CCc1cc(N2CCCC(NC(=O)N(C)C)C2)nc(Nc2ccc(C3CCCC(C(C)C(=O)C4CC4)CC3)cc2)c1C(N)=O. The monoisotopic (exact) mass is 602 g/mol. The Balaban J connectivity index is 1.29. The fourth-order valence-corrected chi connectivity index (χ4v) is 7.11. The molecule has 0 bridgehead atoms. The van der Waals surface area contributed by atoms with Crippen LogP contribution in [0.1, 0.15) is 99.0 Å². The maximum absolute atomic E-state index is 12.7. The van der Waals surface area contributed by atoms with E-state index in [-0.39, 0.29) is 18.0 Å². The third-order valence-electron chi connectivity index (χ3n) is 9.99. The molecule has 4 unspecified atom stereocenters. The smallest absolute Gasteiger partial charge is 0.317 e. The molecule has 1 saturated heterocycles. The van der Waals surface area contributed by atoms with Gasteiger partial charge in [0, 0.05) is 50.7 Å². The van der Waals surface area contributed by atoms with Crippen molar-refractivity contribution in [3.8, 4) is 0 Å². The Labute approximate surface area is 262 Å². The molecule has 4 atom stereocenters. The molecular weight excluding hydrogens is 552 g/mol. The number of nitrogens with two attached hydrogens (primary N) is 1. The molecule has 4 N–H and O–H groups in total. The van der Waals surface area contributed by atoms with Gasteiger partial charge in [0.1, 0.15) is 17.4 Å². The molecule has 2 saturated carbocycles. The van der Waals surface area contributed by atoms with E-state index in [9.17, 15) is 14.4 Å². The van der Waals surface area contributed by atoms with E-state index in [1.807, 2.05) is 13.0 Å². The van der Waals surface area contributed by atoms with E-state index >= 15 is 0 Å². The molecule has 0 radical (unpaired) electrons. The number of urea groups is 1. The third kappa shape index (κ3) is 7.53. The highest BCUT2D eigenvalue weighted by atomic mass is 16.2. The van der Waals surface area contributed by atoms with Crippen LogP contribution in [0.4, 0.5) is 22.1 Å². The number of ketones is 1. The van der Waals surface area contributed by atoms with Gasteiger partial charge >= 0.3 is 6.03 Å². The largest absolute Gasteiger partial charge is 0.365 e. The number of rotatable bonds is 10. The Morgan fingerprint density at radius 2 is 1.77 bits per heavy atom. The predicted molar refractivity (Wildman–Crippen MR) is 176 cm³/mol. The fraction of sp³-hybridized carbons (Fsp3) is 0.600. The molecule has 0 spiro atoms. The lowest BCUT2D eigenvalue weighted by molar-refractivity contribution is -0.125. The van der Waals surface area contributed by atoms with Crippen LogP contribution < -0.4 is 21.3 Å². The van der Waals surface area contributed by atoms with Crippen LogP contribution in [0.25, 0.3) is 0 Å². The van der Waals surface area contributed by atoms with E-state index in [0.717, 1.165) is 81.4 Å². The van der Waals surface area contributed by atoms with Crippen molar-refractivity contribution in [2.45, 2.75) is 90.0 Å². The van der Waals surface area contributed by atoms with Crippen molar-refractivity contribution in [2.75, 3.05) is 37.4 Å². The number of aromatic nitrogens is 1. The summed E-state index contributed by atoms with van der Waals surface area (Å²) >= 11 is 0. The van der Waals surface area contributed by atoms with Gasteiger partial charge in [-0.25, -0.2) is 9.78 Å². The van der Waals surface area contributed by atoms with Gasteiger partial charge in [-0.1, -0.05) is 32.4 Å². The summed E-state index contributed by atoms with van der Waals surface area (Å²) in [5.41, 5.74) is 9.32. The highest BCUT2D eigenvalue weighted by molar-refractivity contribution is 6.00. The quantitative estimate of drug-likeness (QED) is 0.287. The minimum absolute atomic E-state index is 0.0199. The van der Waals surface area contributed by atoms with Crippen LogP contribution in [-0.2, 0) is 11.2 Å². The molecule has 1 aliphatic heterocycles. The molecule has 9 nitrogen and oxygen atoms in total. The number of anilines is 3. The van der Waals surface area contributed by atoms with Crippen LogP contribution in [0.2, 0.25) is 0 Å². The van der Waals surface area contributed by atoms with E-state index in [1.165, 1.54) is 5.56 Å². The zero-order chi connectivity index (χ0) is 31.4. The number of nitrogens with one attached hydrogen (secondary N) is 2. The number of aryl methyl sites for hydroxylation is 1. The first-order valence-electron chi connectivity index (χ1n) is 16.6. The number of nitrogens with zero attached hydrogens (tertiary/aromatic N) is 3. The molecule has 3 aliphatic rings. The summed E-state index contributed by atoms with van der Waals surface area (Å²) < 4.78 is 0. The first-order valence-corrected chi connectivity index (χ1v) is 16.6. The Bertz CT molecular complexity index is 1340. The van der Waals surface area contributed by atoms with Crippen molar-refractivity contribution >= 4 is 35.0 Å². The second-order valence-corrected chi connectivity index (χ2v) is 13.4. The normalized spacial score (nSPS) is 22.9. The molecule has 44 heavy (non-hydrogen) atoms. The summed E-state index contributed by atoms with van der Waals surface area (Å²) in [6, 6.07) is 10.4. The van der Waals surface area contributed by atoms with Crippen LogP contribution in [-0.4, -0.2) is 60.8 Å². The Morgan fingerprint density at radius 3 is 2.43 bits per heavy atom. The van der Waals surface area contributed by atoms with Gasteiger partial charge in [-0.05, 0) is 98.9 Å². The second-order valence-electron chi connectivity index (χ2n) is 13.4. The molecule has 2 aliphatic carbocycles. The number of hydrogen-bond acceptors (Lipinski definition) is 6. The molecule has 2 heterocycles. The molecule has 9 heteroatoms. The minimum Gasteiger partial charge on any atom is -0.365 e. The number of benzene rings is 1. The molecule has 3 amide bonds. The topological polar surface area (TPSA) is 121 Å². The van der Waals surface area contributed by atoms with Crippen LogP contribution in [0.15, 0.2) is 30.3 Å². The van der Waals surface area contributed by atoms with E-state index in [1.54, 1.807) is 19.0 Å². The van der Waals surface area contributed by atoms with Gasteiger partial charge in [-0.15, -0.1) is 0 Å². The van der Waals surface area contributed by atoms with Gasteiger partial charge in [-0.3, -0.25) is 9.59 Å². The number of pyridine rings is 1. The number of amides is 3. The number of carbonyl (C=O) groups excluding carboxylic acids is 3. The average molecular weight is 603 g/mol. The second kappa shape index (κ2) is 14.0. The molecule has 238 valence electrons. The maximum Gasteiger partial charge on any atom is 0.317 e. The van der Waals surface area contributed by atoms with Crippen LogP contribution >= 0.6 is 0 Å². The molecule has 3 fully saturated rings. The van der Waals surface area contributed by atoms with Crippen molar-refractivity contribution in [3.05, 3.63) is 47.0 Å².